The van der Waals surface area contributed by atoms with Crippen LogP contribution in [0.5, 0.6) is 11.5 Å². The Kier molecular flexibility index (Phi) is 3.60. The smallest absolute Gasteiger partial charge is 0.237 e. The fraction of sp³-hybridized carbons (Fsp3) is 0.400. The molecule has 21 heavy (non-hydrogen) atoms. The maximum atomic E-state index is 11.5. The van der Waals surface area contributed by atoms with E-state index in [2.05, 4.69) is 10.1 Å². The zero-order valence-electron chi connectivity index (χ0n) is 11.9. The van der Waals surface area contributed by atoms with Crippen molar-refractivity contribution < 1.29 is 18.8 Å². The summed E-state index contributed by atoms with van der Waals surface area (Å²) in [5, 5.41) is 3.92. The Morgan fingerprint density at radius 2 is 2.14 bits per heavy atom. The number of ether oxygens (including phenoxy) is 2. The van der Waals surface area contributed by atoms with E-state index < -0.39 is 6.10 Å². The SMILES string of the molecule is CCC(C(C)=O)c1nc(C2COc3ccccc3O2)no1. The van der Waals surface area contributed by atoms with Crippen LogP contribution in [0.3, 0.4) is 0 Å². The predicted octanol–water partition coefficient (Wildman–Crippen LogP) is 2.66. The third-order valence-corrected chi connectivity index (χ3v) is 3.45. The Bertz CT molecular complexity index is 653. The number of hydrogen-bond acceptors (Lipinski definition) is 6. The monoisotopic (exact) mass is 288 g/mol. The highest BCUT2D eigenvalue weighted by molar-refractivity contribution is 5.82. The van der Waals surface area contributed by atoms with Crippen LogP contribution in [0.25, 0.3) is 0 Å². The van der Waals surface area contributed by atoms with E-state index in [9.17, 15) is 4.79 Å². The second-order valence-electron chi connectivity index (χ2n) is 4.93. The Labute approximate surface area is 122 Å². The number of benzene rings is 1. The first-order chi connectivity index (χ1) is 10.2. The molecule has 1 aliphatic rings. The third-order valence-electron chi connectivity index (χ3n) is 3.45. The summed E-state index contributed by atoms with van der Waals surface area (Å²) in [6, 6.07) is 7.42. The summed E-state index contributed by atoms with van der Waals surface area (Å²) < 4.78 is 16.6. The van der Waals surface area contributed by atoms with Gasteiger partial charge in [-0.15, -0.1) is 0 Å². The molecule has 0 aliphatic carbocycles. The molecule has 2 aromatic rings. The summed E-state index contributed by atoms with van der Waals surface area (Å²) in [5.74, 6) is 1.75. The summed E-state index contributed by atoms with van der Waals surface area (Å²) in [6.07, 6.45) is 0.198. The number of carbonyl (C=O) groups excluding carboxylic acids is 1. The average Bonchev–Trinajstić information content (AvgIpc) is 2.96. The van der Waals surface area contributed by atoms with E-state index in [1.165, 1.54) is 6.92 Å². The molecule has 0 radical (unpaired) electrons. The van der Waals surface area contributed by atoms with E-state index in [-0.39, 0.29) is 11.7 Å². The number of nitrogens with zero attached hydrogens (tertiary/aromatic N) is 2. The molecule has 0 bridgehead atoms. The van der Waals surface area contributed by atoms with Gasteiger partial charge in [0.25, 0.3) is 0 Å². The fourth-order valence-corrected chi connectivity index (χ4v) is 2.30. The zero-order valence-corrected chi connectivity index (χ0v) is 11.9. The second-order valence-corrected chi connectivity index (χ2v) is 4.93. The lowest BCUT2D eigenvalue weighted by Gasteiger charge is -2.24. The van der Waals surface area contributed by atoms with Crippen LogP contribution in [0.4, 0.5) is 0 Å². The molecular weight excluding hydrogens is 272 g/mol. The lowest BCUT2D eigenvalue weighted by Crippen LogP contribution is -2.22. The van der Waals surface area contributed by atoms with Crippen molar-refractivity contribution in [2.24, 2.45) is 0 Å². The highest BCUT2D eigenvalue weighted by Gasteiger charge is 2.29. The van der Waals surface area contributed by atoms with Crippen LogP contribution in [0.15, 0.2) is 28.8 Å². The van der Waals surface area contributed by atoms with Gasteiger partial charge in [-0.05, 0) is 25.5 Å². The Morgan fingerprint density at radius 3 is 2.86 bits per heavy atom. The molecule has 0 spiro atoms. The standard InChI is InChI=1S/C15H16N2O4/c1-3-10(9(2)18)15-16-14(17-21-15)13-8-19-11-6-4-5-7-12(11)20-13/h4-7,10,13H,3,8H2,1-2H3. The molecule has 6 nitrogen and oxygen atoms in total. The van der Waals surface area contributed by atoms with Crippen molar-refractivity contribution in [3.05, 3.63) is 36.0 Å². The van der Waals surface area contributed by atoms with E-state index >= 15 is 0 Å². The highest BCUT2D eigenvalue weighted by atomic mass is 16.6. The van der Waals surface area contributed by atoms with Crippen molar-refractivity contribution in [3.63, 3.8) is 0 Å². The van der Waals surface area contributed by atoms with E-state index in [1.807, 2.05) is 31.2 Å². The van der Waals surface area contributed by atoms with Gasteiger partial charge in [0, 0.05) is 0 Å². The van der Waals surface area contributed by atoms with Gasteiger partial charge in [-0.25, -0.2) is 0 Å². The number of ketones is 1. The lowest BCUT2D eigenvalue weighted by molar-refractivity contribution is -0.119. The molecule has 1 aromatic carbocycles. The van der Waals surface area contributed by atoms with Gasteiger partial charge in [0.1, 0.15) is 12.4 Å². The molecule has 6 heteroatoms. The largest absolute Gasteiger partial charge is 0.485 e. The first-order valence-electron chi connectivity index (χ1n) is 6.91. The van der Waals surface area contributed by atoms with Crippen LogP contribution >= 0.6 is 0 Å². The van der Waals surface area contributed by atoms with Gasteiger partial charge >= 0.3 is 0 Å². The molecule has 2 unspecified atom stereocenters. The second kappa shape index (κ2) is 5.55. The summed E-state index contributed by atoms with van der Waals surface area (Å²) in [7, 11) is 0. The quantitative estimate of drug-likeness (QED) is 0.861. The zero-order chi connectivity index (χ0) is 14.8. The number of rotatable bonds is 4. The van der Waals surface area contributed by atoms with Crippen molar-refractivity contribution in [2.75, 3.05) is 6.61 Å². The van der Waals surface area contributed by atoms with Crippen LogP contribution in [-0.4, -0.2) is 22.5 Å². The minimum atomic E-state index is -0.429. The fourth-order valence-electron chi connectivity index (χ4n) is 2.30. The molecule has 1 aromatic heterocycles. The van der Waals surface area contributed by atoms with Crippen LogP contribution in [0, 0.1) is 0 Å². The first-order valence-corrected chi connectivity index (χ1v) is 6.91. The molecule has 110 valence electrons. The number of carbonyl (C=O) groups is 1. The molecule has 2 atom stereocenters. The van der Waals surface area contributed by atoms with Crippen molar-refractivity contribution in [3.8, 4) is 11.5 Å². The van der Waals surface area contributed by atoms with E-state index in [0.717, 1.165) is 0 Å². The van der Waals surface area contributed by atoms with Gasteiger partial charge in [0.05, 0.1) is 5.92 Å². The molecular formula is C15H16N2O4. The number of aromatic nitrogens is 2. The third kappa shape index (κ3) is 2.61. The van der Waals surface area contributed by atoms with Gasteiger partial charge in [-0.3, -0.25) is 4.79 Å². The normalized spacial score (nSPS) is 18.3. The molecule has 0 fully saturated rings. The van der Waals surface area contributed by atoms with Crippen molar-refractivity contribution in [1.82, 2.24) is 10.1 Å². The summed E-state index contributed by atoms with van der Waals surface area (Å²) >= 11 is 0. The summed E-state index contributed by atoms with van der Waals surface area (Å²) in [6.45, 7) is 3.74. The summed E-state index contributed by atoms with van der Waals surface area (Å²) in [5.41, 5.74) is 0. The predicted molar refractivity (Wildman–Crippen MR) is 73.3 cm³/mol. The van der Waals surface area contributed by atoms with E-state index in [4.69, 9.17) is 14.0 Å². The van der Waals surface area contributed by atoms with E-state index in [0.29, 0.717) is 36.2 Å². The van der Waals surface area contributed by atoms with Crippen molar-refractivity contribution >= 4 is 5.78 Å². The molecule has 0 N–H and O–H groups in total. The molecule has 1 aliphatic heterocycles. The van der Waals surface area contributed by atoms with Gasteiger partial charge in [0.2, 0.25) is 11.7 Å². The van der Waals surface area contributed by atoms with Gasteiger partial charge in [-0.1, -0.05) is 24.2 Å². The number of fused-ring (bicyclic) bond motifs is 1. The van der Waals surface area contributed by atoms with Crippen LogP contribution in [0.1, 0.15) is 44.0 Å². The lowest BCUT2D eigenvalue weighted by atomic mass is 10.0. The van der Waals surface area contributed by atoms with Gasteiger partial charge in [0.15, 0.2) is 17.6 Å². The van der Waals surface area contributed by atoms with Crippen LogP contribution in [-0.2, 0) is 4.79 Å². The van der Waals surface area contributed by atoms with Crippen molar-refractivity contribution in [1.29, 1.82) is 0 Å². The van der Waals surface area contributed by atoms with Crippen LogP contribution in [0.2, 0.25) is 0 Å². The summed E-state index contributed by atoms with van der Waals surface area (Å²) in [4.78, 5) is 15.8. The molecule has 0 saturated carbocycles. The maximum absolute atomic E-state index is 11.5. The molecule has 0 amide bonds. The van der Waals surface area contributed by atoms with Crippen LogP contribution < -0.4 is 9.47 Å². The first kappa shape index (κ1) is 13.6. The minimum absolute atomic E-state index is 0.0128. The number of para-hydroxylation sites is 2. The number of Topliss-reactive ketones (excluding diaryl/α,β-unsaturated/α-hetero) is 1. The topological polar surface area (TPSA) is 74.5 Å². The average molecular weight is 288 g/mol. The van der Waals surface area contributed by atoms with E-state index in [1.54, 1.807) is 0 Å². The Balaban J connectivity index is 1.80. The Hall–Kier alpha value is -2.37. The minimum Gasteiger partial charge on any atom is -0.485 e. The van der Waals surface area contributed by atoms with Gasteiger partial charge in [-0.2, -0.15) is 4.98 Å². The molecule has 0 saturated heterocycles. The molecule has 2 heterocycles. The molecule has 3 rings (SSSR count). The maximum Gasteiger partial charge on any atom is 0.237 e. The highest BCUT2D eigenvalue weighted by Crippen LogP contribution is 2.35. The van der Waals surface area contributed by atoms with Gasteiger partial charge < -0.3 is 14.0 Å². The number of hydrogen-bond donors (Lipinski definition) is 0. The van der Waals surface area contributed by atoms with Crippen molar-refractivity contribution in [2.45, 2.75) is 32.3 Å². The Morgan fingerprint density at radius 1 is 1.38 bits per heavy atom.